The second-order valence-corrected chi connectivity index (χ2v) is 6.43. The molecule has 0 spiro atoms. The lowest BCUT2D eigenvalue weighted by atomic mass is 9.93. The topological polar surface area (TPSA) is 41.6 Å². The van der Waals surface area contributed by atoms with Crippen LogP contribution in [0.1, 0.15) is 36.0 Å². The standard InChI is InChI=1S/C17H25ClN2O2/c1-20(2)17(21)15-6-5-14(12-16(15)18)22-11-3-4-13-7-9-19-10-8-13/h5-6,12-13,19H,3-4,7-11H2,1-2H3. The summed E-state index contributed by atoms with van der Waals surface area (Å²) >= 11 is 6.17. The molecule has 5 heteroatoms. The third-order valence-electron chi connectivity index (χ3n) is 4.06. The van der Waals surface area contributed by atoms with E-state index in [1.54, 1.807) is 26.2 Å². The molecule has 1 N–H and O–H groups in total. The third-order valence-corrected chi connectivity index (χ3v) is 4.37. The highest BCUT2D eigenvalue weighted by atomic mass is 35.5. The van der Waals surface area contributed by atoms with Gasteiger partial charge in [-0.15, -0.1) is 0 Å². The van der Waals surface area contributed by atoms with Crippen LogP contribution in [0.25, 0.3) is 0 Å². The highest BCUT2D eigenvalue weighted by Crippen LogP contribution is 2.24. The van der Waals surface area contributed by atoms with Crippen molar-refractivity contribution in [1.29, 1.82) is 0 Å². The fraction of sp³-hybridized carbons (Fsp3) is 0.588. The summed E-state index contributed by atoms with van der Waals surface area (Å²) in [6, 6.07) is 5.27. The van der Waals surface area contributed by atoms with Gasteiger partial charge in [0.1, 0.15) is 5.75 Å². The summed E-state index contributed by atoms with van der Waals surface area (Å²) in [5, 5.41) is 3.82. The van der Waals surface area contributed by atoms with Gasteiger partial charge in [-0.2, -0.15) is 0 Å². The Hall–Kier alpha value is -1.26. The van der Waals surface area contributed by atoms with Crippen molar-refractivity contribution < 1.29 is 9.53 Å². The van der Waals surface area contributed by atoms with E-state index in [4.69, 9.17) is 16.3 Å². The van der Waals surface area contributed by atoms with Crippen molar-refractivity contribution in [3.63, 3.8) is 0 Å². The van der Waals surface area contributed by atoms with Crippen molar-refractivity contribution in [2.24, 2.45) is 5.92 Å². The molecular formula is C17H25ClN2O2. The number of nitrogens with zero attached hydrogens (tertiary/aromatic N) is 1. The van der Waals surface area contributed by atoms with E-state index in [1.807, 2.05) is 6.07 Å². The zero-order valence-electron chi connectivity index (χ0n) is 13.4. The first-order valence-electron chi connectivity index (χ1n) is 7.92. The van der Waals surface area contributed by atoms with Gasteiger partial charge in [-0.3, -0.25) is 4.79 Å². The number of hydrogen-bond acceptors (Lipinski definition) is 3. The summed E-state index contributed by atoms with van der Waals surface area (Å²) < 4.78 is 5.75. The van der Waals surface area contributed by atoms with Crippen LogP contribution in [0, 0.1) is 5.92 Å². The summed E-state index contributed by atoms with van der Waals surface area (Å²) in [7, 11) is 3.42. The number of rotatable bonds is 6. The molecular weight excluding hydrogens is 300 g/mol. The van der Waals surface area contributed by atoms with Crippen molar-refractivity contribution in [3.8, 4) is 5.75 Å². The Bertz CT molecular complexity index is 499. The van der Waals surface area contributed by atoms with Crippen LogP contribution in [0.3, 0.4) is 0 Å². The average Bonchev–Trinajstić information content (AvgIpc) is 2.52. The van der Waals surface area contributed by atoms with Crippen molar-refractivity contribution >= 4 is 17.5 Å². The predicted octanol–water partition coefficient (Wildman–Crippen LogP) is 3.20. The molecule has 1 aromatic carbocycles. The summed E-state index contributed by atoms with van der Waals surface area (Å²) in [6.45, 7) is 2.98. The number of nitrogens with one attached hydrogen (secondary N) is 1. The first-order valence-corrected chi connectivity index (χ1v) is 8.30. The molecule has 4 nitrogen and oxygen atoms in total. The highest BCUT2D eigenvalue weighted by Gasteiger charge is 2.14. The molecule has 1 saturated heterocycles. The van der Waals surface area contributed by atoms with Gasteiger partial charge in [0.25, 0.3) is 5.91 Å². The van der Waals surface area contributed by atoms with E-state index in [1.165, 1.54) is 24.2 Å². The minimum absolute atomic E-state index is 0.0949. The number of carbonyl (C=O) groups is 1. The Morgan fingerprint density at radius 1 is 1.36 bits per heavy atom. The van der Waals surface area contributed by atoms with Gasteiger partial charge >= 0.3 is 0 Å². The van der Waals surface area contributed by atoms with Crippen LogP contribution >= 0.6 is 11.6 Å². The minimum Gasteiger partial charge on any atom is -0.494 e. The van der Waals surface area contributed by atoms with Crippen LogP contribution in [-0.2, 0) is 0 Å². The summed E-state index contributed by atoms with van der Waals surface area (Å²) in [4.78, 5) is 13.4. The van der Waals surface area contributed by atoms with Crippen molar-refractivity contribution in [3.05, 3.63) is 28.8 Å². The lowest BCUT2D eigenvalue weighted by Gasteiger charge is -2.22. The van der Waals surface area contributed by atoms with Gasteiger partial charge in [-0.05, 0) is 62.9 Å². The molecule has 0 radical (unpaired) electrons. The normalized spacial score (nSPS) is 15.6. The van der Waals surface area contributed by atoms with Gasteiger partial charge in [0.15, 0.2) is 0 Å². The molecule has 1 aliphatic rings. The minimum atomic E-state index is -0.0949. The van der Waals surface area contributed by atoms with Gasteiger partial charge in [0.2, 0.25) is 0 Å². The first-order chi connectivity index (χ1) is 10.6. The summed E-state index contributed by atoms with van der Waals surface area (Å²) in [5.74, 6) is 1.46. The van der Waals surface area contributed by atoms with Crippen LogP contribution in [0.2, 0.25) is 5.02 Å². The molecule has 0 aromatic heterocycles. The van der Waals surface area contributed by atoms with E-state index in [0.29, 0.717) is 17.2 Å². The molecule has 0 bridgehead atoms. The van der Waals surface area contributed by atoms with Gasteiger partial charge in [0.05, 0.1) is 17.2 Å². The van der Waals surface area contributed by atoms with E-state index >= 15 is 0 Å². The second-order valence-electron chi connectivity index (χ2n) is 6.03. The fourth-order valence-corrected chi connectivity index (χ4v) is 2.98. The molecule has 1 heterocycles. The highest BCUT2D eigenvalue weighted by molar-refractivity contribution is 6.34. The Balaban J connectivity index is 1.78. The Morgan fingerprint density at radius 3 is 2.73 bits per heavy atom. The molecule has 1 amide bonds. The van der Waals surface area contributed by atoms with Crippen molar-refractivity contribution in [1.82, 2.24) is 10.2 Å². The maximum atomic E-state index is 11.9. The SMILES string of the molecule is CN(C)C(=O)c1ccc(OCCCC2CCNCC2)cc1Cl. The van der Waals surface area contributed by atoms with Crippen LogP contribution in [0.4, 0.5) is 0 Å². The van der Waals surface area contributed by atoms with Crippen LogP contribution in [0.15, 0.2) is 18.2 Å². The Labute approximate surface area is 137 Å². The molecule has 2 rings (SSSR count). The monoisotopic (exact) mass is 324 g/mol. The van der Waals surface area contributed by atoms with Gasteiger partial charge in [-0.1, -0.05) is 11.6 Å². The smallest absolute Gasteiger partial charge is 0.254 e. The summed E-state index contributed by atoms with van der Waals surface area (Å²) in [5.41, 5.74) is 0.508. The molecule has 122 valence electrons. The van der Waals surface area contributed by atoms with Crippen molar-refractivity contribution in [2.75, 3.05) is 33.8 Å². The third kappa shape index (κ3) is 4.89. The number of piperidine rings is 1. The number of halogens is 1. The quantitative estimate of drug-likeness (QED) is 0.817. The van der Waals surface area contributed by atoms with Crippen LogP contribution < -0.4 is 10.1 Å². The number of carbonyl (C=O) groups excluding carboxylic acids is 1. The molecule has 0 aliphatic carbocycles. The lowest BCUT2D eigenvalue weighted by Crippen LogP contribution is -2.27. The van der Waals surface area contributed by atoms with E-state index < -0.39 is 0 Å². The maximum absolute atomic E-state index is 11.9. The summed E-state index contributed by atoms with van der Waals surface area (Å²) in [6.07, 6.45) is 4.81. The molecule has 1 aromatic rings. The number of amides is 1. The lowest BCUT2D eigenvalue weighted by molar-refractivity contribution is 0.0827. The zero-order chi connectivity index (χ0) is 15.9. The first kappa shape index (κ1) is 17.1. The van der Waals surface area contributed by atoms with Gasteiger partial charge < -0.3 is 15.0 Å². The molecule has 1 fully saturated rings. The van der Waals surface area contributed by atoms with Gasteiger partial charge in [-0.25, -0.2) is 0 Å². The Morgan fingerprint density at radius 2 is 2.09 bits per heavy atom. The molecule has 0 saturated carbocycles. The van der Waals surface area contributed by atoms with Crippen LogP contribution in [-0.4, -0.2) is 44.6 Å². The Kier molecular flexibility index (Phi) is 6.52. The molecule has 22 heavy (non-hydrogen) atoms. The molecule has 0 atom stereocenters. The molecule has 0 unspecified atom stereocenters. The average molecular weight is 325 g/mol. The fourth-order valence-electron chi connectivity index (χ4n) is 2.73. The van der Waals surface area contributed by atoms with E-state index in [0.717, 1.165) is 31.2 Å². The van der Waals surface area contributed by atoms with Crippen LogP contribution in [0.5, 0.6) is 5.75 Å². The predicted molar refractivity (Wildman–Crippen MR) is 89.8 cm³/mol. The van der Waals surface area contributed by atoms with Crippen molar-refractivity contribution in [2.45, 2.75) is 25.7 Å². The zero-order valence-corrected chi connectivity index (χ0v) is 14.2. The van der Waals surface area contributed by atoms with Gasteiger partial charge in [0, 0.05) is 14.1 Å². The number of benzene rings is 1. The molecule has 1 aliphatic heterocycles. The maximum Gasteiger partial charge on any atom is 0.254 e. The number of ether oxygens (including phenoxy) is 1. The number of hydrogen-bond donors (Lipinski definition) is 1. The van der Waals surface area contributed by atoms with E-state index in [2.05, 4.69) is 5.32 Å². The van der Waals surface area contributed by atoms with E-state index in [9.17, 15) is 4.79 Å². The second kappa shape index (κ2) is 8.39. The largest absolute Gasteiger partial charge is 0.494 e. The van der Waals surface area contributed by atoms with E-state index in [-0.39, 0.29) is 5.91 Å².